The Morgan fingerprint density at radius 1 is 1.42 bits per heavy atom. The van der Waals surface area contributed by atoms with E-state index in [2.05, 4.69) is 0 Å². The summed E-state index contributed by atoms with van der Waals surface area (Å²) in [6, 6.07) is 1.40. The fraction of sp³-hybridized carbons (Fsp3) is 0.222. The minimum absolute atomic E-state index is 0.231. The molecule has 0 saturated carbocycles. The Morgan fingerprint density at radius 2 is 2.00 bits per heavy atom. The van der Waals surface area contributed by atoms with Crippen molar-refractivity contribution in [1.29, 1.82) is 0 Å². The lowest BCUT2D eigenvalue weighted by Crippen LogP contribution is -2.12. The summed E-state index contributed by atoms with van der Waals surface area (Å²) in [5.41, 5.74) is -2.29. The van der Waals surface area contributed by atoms with Gasteiger partial charge in [-0.3, -0.25) is 19.1 Å². The number of nitro groups is 1. The number of nitro benzene ring substituents is 1. The van der Waals surface area contributed by atoms with Crippen LogP contribution in [0.1, 0.15) is 5.56 Å². The van der Waals surface area contributed by atoms with Crippen molar-refractivity contribution in [2.75, 3.05) is 5.75 Å². The molecule has 1 rings (SSSR count). The van der Waals surface area contributed by atoms with Gasteiger partial charge in [-0.2, -0.15) is 13.2 Å². The predicted octanol–water partition coefficient (Wildman–Crippen LogP) is 1.81. The molecule has 0 heterocycles. The molecule has 1 aromatic carbocycles. The number of halogens is 3. The number of benzene rings is 1. The van der Waals surface area contributed by atoms with E-state index < -0.39 is 49.8 Å². The van der Waals surface area contributed by atoms with Gasteiger partial charge in [0.2, 0.25) is 0 Å². The zero-order valence-corrected chi connectivity index (χ0v) is 9.83. The van der Waals surface area contributed by atoms with Gasteiger partial charge in [0.15, 0.2) is 0 Å². The molecule has 10 heteroatoms. The Labute approximate surface area is 106 Å². The summed E-state index contributed by atoms with van der Waals surface area (Å²) in [6.45, 7) is 0. The SMILES string of the molecule is O=C(O)C[S@](=O)c1ccc(C(F)(F)F)cc1[N+](=O)[O-]. The van der Waals surface area contributed by atoms with Gasteiger partial charge in [-0.15, -0.1) is 0 Å². The summed E-state index contributed by atoms with van der Waals surface area (Å²) >= 11 is 0. The molecule has 0 aliphatic heterocycles. The van der Waals surface area contributed by atoms with Crippen molar-refractivity contribution in [3.63, 3.8) is 0 Å². The van der Waals surface area contributed by atoms with E-state index in [1.807, 2.05) is 0 Å². The zero-order valence-electron chi connectivity index (χ0n) is 9.01. The molecule has 0 saturated heterocycles. The van der Waals surface area contributed by atoms with Crippen molar-refractivity contribution in [1.82, 2.24) is 0 Å². The smallest absolute Gasteiger partial charge is 0.416 e. The van der Waals surface area contributed by atoms with E-state index in [1.54, 1.807) is 0 Å². The highest BCUT2D eigenvalue weighted by Gasteiger charge is 2.33. The summed E-state index contributed by atoms with van der Waals surface area (Å²) in [6.07, 6.45) is -4.78. The van der Waals surface area contributed by atoms with Gasteiger partial charge >= 0.3 is 12.1 Å². The molecular formula is C9H6F3NO5S. The van der Waals surface area contributed by atoms with Crippen LogP contribution in [-0.4, -0.2) is 26.0 Å². The Kier molecular flexibility index (Phi) is 4.24. The number of rotatable bonds is 4. The molecule has 0 aliphatic carbocycles. The number of nitrogens with zero attached hydrogens (tertiary/aromatic N) is 1. The highest BCUT2D eigenvalue weighted by atomic mass is 32.2. The number of alkyl halides is 3. The quantitative estimate of drug-likeness (QED) is 0.675. The van der Waals surface area contributed by atoms with Crippen LogP contribution in [0.25, 0.3) is 0 Å². The van der Waals surface area contributed by atoms with Gasteiger partial charge in [-0.1, -0.05) is 0 Å². The van der Waals surface area contributed by atoms with Gasteiger partial charge in [-0.25, -0.2) is 0 Å². The van der Waals surface area contributed by atoms with Crippen LogP contribution in [0.5, 0.6) is 0 Å². The second kappa shape index (κ2) is 5.34. The highest BCUT2D eigenvalue weighted by molar-refractivity contribution is 7.85. The first-order chi connectivity index (χ1) is 8.62. The van der Waals surface area contributed by atoms with Crippen LogP contribution in [0, 0.1) is 10.1 Å². The standard InChI is InChI=1S/C9H6F3NO5S/c10-9(11,12)5-1-2-7(6(3-5)13(16)17)19(18)4-8(14)15/h1-3H,4H2,(H,14,15)/t19-/m0/s1. The molecule has 0 bridgehead atoms. The third-order valence-electron chi connectivity index (χ3n) is 1.98. The minimum atomic E-state index is -4.78. The van der Waals surface area contributed by atoms with Crippen molar-refractivity contribution in [2.45, 2.75) is 11.1 Å². The maximum atomic E-state index is 12.4. The van der Waals surface area contributed by atoms with Crippen molar-refractivity contribution in [3.8, 4) is 0 Å². The van der Waals surface area contributed by atoms with Crippen LogP contribution in [0.2, 0.25) is 0 Å². The van der Waals surface area contributed by atoms with E-state index in [1.165, 1.54) is 0 Å². The fourth-order valence-electron chi connectivity index (χ4n) is 1.22. The lowest BCUT2D eigenvalue weighted by Gasteiger charge is -2.08. The van der Waals surface area contributed by atoms with Gasteiger partial charge < -0.3 is 5.11 Å². The Morgan fingerprint density at radius 3 is 2.42 bits per heavy atom. The molecular weight excluding hydrogens is 291 g/mol. The van der Waals surface area contributed by atoms with Crippen molar-refractivity contribution < 1.29 is 32.2 Å². The van der Waals surface area contributed by atoms with Crippen molar-refractivity contribution in [3.05, 3.63) is 33.9 Å². The van der Waals surface area contributed by atoms with Crippen LogP contribution in [-0.2, 0) is 21.8 Å². The van der Waals surface area contributed by atoms with Gasteiger partial charge in [0, 0.05) is 6.07 Å². The molecule has 0 radical (unpaired) electrons. The number of carboxylic acid groups (broad SMARTS) is 1. The molecule has 1 aromatic rings. The van der Waals surface area contributed by atoms with Crippen LogP contribution < -0.4 is 0 Å². The van der Waals surface area contributed by atoms with E-state index in [9.17, 15) is 32.3 Å². The lowest BCUT2D eigenvalue weighted by atomic mass is 10.2. The van der Waals surface area contributed by atoms with Crippen LogP contribution in [0.15, 0.2) is 23.1 Å². The Bertz CT molecular complexity index is 557. The van der Waals surface area contributed by atoms with E-state index in [4.69, 9.17) is 5.11 Å². The average molecular weight is 297 g/mol. The number of carbonyl (C=O) groups is 1. The first-order valence-electron chi connectivity index (χ1n) is 4.58. The van der Waals surface area contributed by atoms with E-state index >= 15 is 0 Å². The van der Waals surface area contributed by atoms with Gasteiger partial charge in [-0.05, 0) is 12.1 Å². The summed E-state index contributed by atoms with van der Waals surface area (Å²) in [5, 5.41) is 19.1. The molecule has 0 aliphatic rings. The zero-order chi connectivity index (χ0) is 14.8. The fourth-order valence-corrected chi connectivity index (χ4v) is 2.19. The molecule has 19 heavy (non-hydrogen) atoms. The van der Waals surface area contributed by atoms with Gasteiger partial charge in [0.25, 0.3) is 5.69 Å². The topological polar surface area (TPSA) is 97.5 Å². The summed E-state index contributed by atoms with van der Waals surface area (Å²) in [4.78, 5) is 19.3. The van der Waals surface area contributed by atoms with Gasteiger partial charge in [0.05, 0.1) is 21.3 Å². The summed E-state index contributed by atoms with van der Waals surface area (Å²) < 4.78 is 48.6. The number of carboxylic acids is 1. The largest absolute Gasteiger partial charge is 0.481 e. The number of hydrogen-bond donors (Lipinski definition) is 1. The van der Waals surface area contributed by atoms with E-state index in [0.29, 0.717) is 12.1 Å². The molecule has 0 amide bonds. The molecule has 1 atom stereocenters. The molecule has 104 valence electrons. The van der Waals surface area contributed by atoms with Crippen molar-refractivity contribution >= 4 is 22.5 Å². The Hall–Kier alpha value is -1.97. The molecule has 0 unspecified atom stereocenters. The monoisotopic (exact) mass is 297 g/mol. The first kappa shape index (κ1) is 15.1. The molecule has 0 spiro atoms. The normalized spacial score (nSPS) is 13.0. The third-order valence-corrected chi connectivity index (χ3v) is 3.33. The van der Waals surface area contributed by atoms with E-state index in [0.717, 1.165) is 0 Å². The van der Waals surface area contributed by atoms with E-state index in [-0.39, 0.29) is 6.07 Å². The summed E-state index contributed by atoms with van der Waals surface area (Å²) in [5.74, 6) is -2.40. The third kappa shape index (κ3) is 3.74. The maximum Gasteiger partial charge on any atom is 0.416 e. The highest BCUT2D eigenvalue weighted by Crippen LogP contribution is 2.34. The molecule has 0 aromatic heterocycles. The maximum absolute atomic E-state index is 12.4. The second-order valence-corrected chi connectivity index (χ2v) is 4.74. The number of aliphatic carboxylic acids is 1. The first-order valence-corrected chi connectivity index (χ1v) is 5.90. The molecule has 1 N–H and O–H groups in total. The van der Waals surface area contributed by atoms with Gasteiger partial charge in [0.1, 0.15) is 10.6 Å². The van der Waals surface area contributed by atoms with Crippen molar-refractivity contribution in [2.24, 2.45) is 0 Å². The second-order valence-electron chi connectivity index (χ2n) is 3.32. The van der Waals surface area contributed by atoms with Crippen LogP contribution in [0.3, 0.4) is 0 Å². The average Bonchev–Trinajstić information content (AvgIpc) is 2.25. The minimum Gasteiger partial charge on any atom is -0.481 e. The molecule has 0 fully saturated rings. The van der Waals surface area contributed by atoms with Crippen LogP contribution >= 0.6 is 0 Å². The summed E-state index contributed by atoms with van der Waals surface area (Å²) in [7, 11) is -2.29. The lowest BCUT2D eigenvalue weighted by molar-refractivity contribution is -0.388. The Balaban J connectivity index is 3.31. The molecule has 6 nitrogen and oxygen atoms in total. The van der Waals surface area contributed by atoms with Crippen LogP contribution in [0.4, 0.5) is 18.9 Å². The number of hydrogen-bond acceptors (Lipinski definition) is 4. The predicted molar refractivity (Wildman–Crippen MR) is 57.0 cm³/mol.